The van der Waals surface area contributed by atoms with Crippen molar-refractivity contribution in [1.29, 1.82) is 0 Å². The summed E-state index contributed by atoms with van der Waals surface area (Å²) >= 11 is 0. The third-order valence-electron chi connectivity index (χ3n) is 3.07. The third-order valence-corrected chi connectivity index (χ3v) is 3.07. The van der Waals surface area contributed by atoms with Crippen LogP contribution >= 0.6 is 0 Å². The van der Waals surface area contributed by atoms with Gasteiger partial charge in [0.2, 0.25) is 0 Å². The standard InChI is InChI=1S/C16H14FNO3/c17-12-3-7-14(8-4-12)21-13-5-1-11(2-6-13)9-18-16(19)15-10-20-15/h1-8,15H,9-10H2,(H,18,19). The molecule has 1 amide bonds. The van der Waals surface area contributed by atoms with Crippen LogP contribution in [0.4, 0.5) is 4.39 Å². The summed E-state index contributed by atoms with van der Waals surface area (Å²) in [5, 5.41) is 2.79. The molecule has 1 heterocycles. The van der Waals surface area contributed by atoms with Gasteiger partial charge in [0.25, 0.3) is 5.91 Å². The Morgan fingerprint density at radius 1 is 1.14 bits per heavy atom. The van der Waals surface area contributed by atoms with Gasteiger partial charge in [0.15, 0.2) is 6.10 Å². The van der Waals surface area contributed by atoms with Gasteiger partial charge in [-0.3, -0.25) is 4.79 Å². The van der Waals surface area contributed by atoms with Crippen molar-refractivity contribution in [3.63, 3.8) is 0 Å². The molecule has 2 aromatic rings. The van der Waals surface area contributed by atoms with Crippen molar-refractivity contribution in [3.8, 4) is 11.5 Å². The number of benzene rings is 2. The zero-order valence-corrected chi connectivity index (χ0v) is 11.2. The Morgan fingerprint density at radius 3 is 2.29 bits per heavy atom. The number of carbonyl (C=O) groups is 1. The van der Waals surface area contributed by atoms with E-state index in [0.717, 1.165) is 5.56 Å². The van der Waals surface area contributed by atoms with Crippen molar-refractivity contribution in [2.24, 2.45) is 0 Å². The fourth-order valence-corrected chi connectivity index (χ4v) is 1.82. The molecule has 0 saturated carbocycles. The monoisotopic (exact) mass is 287 g/mol. The Morgan fingerprint density at radius 2 is 1.71 bits per heavy atom. The van der Waals surface area contributed by atoms with E-state index < -0.39 is 0 Å². The second-order valence-electron chi connectivity index (χ2n) is 4.74. The second-order valence-corrected chi connectivity index (χ2v) is 4.74. The molecule has 1 fully saturated rings. The number of hydrogen-bond acceptors (Lipinski definition) is 3. The third kappa shape index (κ3) is 3.79. The van der Waals surface area contributed by atoms with E-state index in [1.165, 1.54) is 12.1 Å². The quantitative estimate of drug-likeness (QED) is 0.860. The minimum Gasteiger partial charge on any atom is -0.457 e. The molecule has 1 saturated heterocycles. The fourth-order valence-electron chi connectivity index (χ4n) is 1.82. The number of nitrogens with one attached hydrogen (secondary N) is 1. The second kappa shape index (κ2) is 5.93. The summed E-state index contributed by atoms with van der Waals surface area (Å²) in [6.45, 7) is 0.964. The number of amides is 1. The van der Waals surface area contributed by atoms with Crippen LogP contribution < -0.4 is 10.1 Å². The maximum absolute atomic E-state index is 12.8. The highest BCUT2D eigenvalue weighted by Crippen LogP contribution is 2.21. The molecule has 0 aromatic heterocycles. The van der Waals surface area contributed by atoms with Gasteiger partial charge >= 0.3 is 0 Å². The molecule has 0 spiro atoms. The highest BCUT2D eigenvalue weighted by molar-refractivity contribution is 5.82. The van der Waals surface area contributed by atoms with Gasteiger partial charge in [0, 0.05) is 6.54 Å². The normalized spacial score (nSPS) is 16.3. The molecule has 0 aliphatic carbocycles. The van der Waals surface area contributed by atoms with Crippen LogP contribution in [-0.2, 0) is 16.1 Å². The molecule has 4 nitrogen and oxygen atoms in total. The Bertz CT molecular complexity index is 621. The van der Waals surface area contributed by atoms with Crippen LogP contribution in [-0.4, -0.2) is 18.6 Å². The molecule has 21 heavy (non-hydrogen) atoms. The van der Waals surface area contributed by atoms with Gasteiger partial charge in [0.05, 0.1) is 6.61 Å². The van der Waals surface area contributed by atoms with E-state index in [0.29, 0.717) is 24.7 Å². The van der Waals surface area contributed by atoms with Crippen LogP contribution in [0, 0.1) is 5.82 Å². The molecular weight excluding hydrogens is 273 g/mol. The topological polar surface area (TPSA) is 50.9 Å². The van der Waals surface area contributed by atoms with E-state index in [2.05, 4.69) is 5.32 Å². The SMILES string of the molecule is O=C(NCc1ccc(Oc2ccc(F)cc2)cc1)C1CO1. The predicted octanol–water partition coefficient (Wildman–Crippen LogP) is 2.63. The first-order chi connectivity index (χ1) is 10.2. The molecule has 1 N–H and O–H groups in total. The first-order valence-corrected chi connectivity index (χ1v) is 6.62. The number of epoxide rings is 1. The predicted molar refractivity (Wildman–Crippen MR) is 74.5 cm³/mol. The summed E-state index contributed by atoms with van der Waals surface area (Å²) in [5.41, 5.74) is 0.968. The van der Waals surface area contributed by atoms with Crippen LogP contribution in [0.25, 0.3) is 0 Å². The molecule has 0 radical (unpaired) electrons. The first kappa shape index (κ1) is 13.6. The molecule has 3 rings (SSSR count). The lowest BCUT2D eigenvalue weighted by atomic mass is 10.2. The molecule has 1 aliphatic heterocycles. The Kier molecular flexibility index (Phi) is 3.83. The summed E-state index contributed by atoms with van der Waals surface area (Å²) in [7, 11) is 0. The van der Waals surface area contributed by atoms with E-state index in [1.807, 2.05) is 12.1 Å². The number of ether oxygens (including phenoxy) is 2. The number of carbonyl (C=O) groups excluding carboxylic acids is 1. The minimum absolute atomic E-state index is 0.0818. The van der Waals surface area contributed by atoms with Crippen molar-refractivity contribution in [2.45, 2.75) is 12.6 Å². The Hall–Kier alpha value is -2.40. The Balaban J connectivity index is 1.55. The van der Waals surface area contributed by atoms with Gasteiger partial charge in [-0.2, -0.15) is 0 Å². The van der Waals surface area contributed by atoms with Crippen molar-refractivity contribution in [3.05, 3.63) is 59.9 Å². The van der Waals surface area contributed by atoms with Crippen molar-refractivity contribution in [2.75, 3.05) is 6.61 Å². The molecule has 1 aliphatic rings. The van der Waals surface area contributed by atoms with Gasteiger partial charge < -0.3 is 14.8 Å². The van der Waals surface area contributed by atoms with Crippen LogP contribution in [0.15, 0.2) is 48.5 Å². The minimum atomic E-state index is -0.298. The van der Waals surface area contributed by atoms with Gasteiger partial charge in [-0.15, -0.1) is 0 Å². The summed E-state index contributed by atoms with van der Waals surface area (Å²) in [4.78, 5) is 11.4. The molecular formula is C16H14FNO3. The maximum atomic E-state index is 12.8. The average Bonchev–Trinajstić information content (AvgIpc) is 3.33. The van der Waals surface area contributed by atoms with Crippen LogP contribution in [0.5, 0.6) is 11.5 Å². The zero-order valence-electron chi connectivity index (χ0n) is 11.2. The van der Waals surface area contributed by atoms with Gasteiger partial charge in [-0.05, 0) is 42.0 Å². The number of hydrogen-bond donors (Lipinski definition) is 1. The van der Waals surface area contributed by atoms with Crippen molar-refractivity contribution < 1.29 is 18.7 Å². The first-order valence-electron chi connectivity index (χ1n) is 6.62. The molecule has 1 unspecified atom stereocenters. The van der Waals surface area contributed by atoms with Gasteiger partial charge in [0.1, 0.15) is 17.3 Å². The van der Waals surface area contributed by atoms with Gasteiger partial charge in [-0.1, -0.05) is 12.1 Å². The summed E-state index contributed by atoms with van der Waals surface area (Å²) in [5.74, 6) is 0.847. The van der Waals surface area contributed by atoms with Gasteiger partial charge in [-0.25, -0.2) is 4.39 Å². The fraction of sp³-hybridized carbons (Fsp3) is 0.188. The summed E-state index contributed by atoms with van der Waals surface area (Å²) < 4.78 is 23.3. The highest BCUT2D eigenvalue weighted by atomic mass is 19.1. The average molecular weight is 287 g/mol. The molecule has 1 atom stereocenters. The lowest BCUT2D eigenvalue weighted by molar-refractivity contribution is -0.122. The summed E-state index contributed by atoms with van der Waals surface area (Å²) in [6, 6.07) is 13.2. The van der Waals surface area contributed by atoms with Crippen molar-refractivity contribution in [1.82, 2.24) is 5.32 Å². The van der Waals surface area contributed by atoms with E-state index in [4.69, 9.17) is 9.47 Å². The molecule has 108 valence electrons. The largest absolute Gasteiger partial charge is 0.457 e. The molecule has 0 bridgehead atoms. The van der Waals surface area contributed by atoms with Crippen LogP contribution in [0.2, 0.25) is 0 Å². The Labute approximate surface area is 121 Å². The lowest BCUT2D eigenvalue weighted by Crippen LogP contribution is -2.27. The molecule has 2 aromatic carbocycles. The van der Waals surface area contributed by atoms with E-state index in [-0.39, 0.29) is 17.8 Å². The number of rotatable bonds is 5. The smallest absolute Gasteiger partial charge is 0.251 e. The van der Waals surface area contributed by atoms with Crippen LogP contribution in [0.3, 0.4) is 0 Å². The van der Waals surface area contributed by atoms with Crippen molar-refractivity contribution >= 4 is 5.91 Å². The highest BCUT2D eigenvalue weighted by Gasteiger charge is 2.30. The lowest BCUT2D eigenvalue weighted by Gasteiger charge is -2.07. The number of halogens is 1. The zero-order chi connectivity index (χ0) is 14.7. The van der Waals surface area contributed by atoms with Crippen LogP contribution in [0.1, 0.15) is 5.56 Å². The maximum Gasteiger partial charge on any atom is 0.251 e. The van der Waals surface area contributed by atoms with E-state index in [1.54, 1.807) is 24.3 Å². The van der Waals surface area contributed by atoms with E-state index >= 15 is 0 Å². The summed E-state index contributed by atoms with van der Waals surface area (Å²) in [6.07, 6.45) is -0.272. The molecule has 5 heteroatoms. The van der Waals surface area contributed by atoms with E-state index in [9.17, 15) is 9.18 Å².